The fourth-order valence-corrected chi connectivity index (χ4v) is 1.62. The van der Waals surface area contributed by atoms with Crippen LogP contribution in [0.2, 0.25) is 0 Å². The number of urea groups is 1. The monoisotopic (exact) mass is 244 g/mol. The number of anilines is 1. The second kappa shape index (κ2) is 5.86. The van der Waals surface area contributed by atoms with Crippen LogP contribution in [0.3, 0.4) is 0 Å². The first-order chi connectivity index (χ1) is 8.74. The molecule has 5 nitrogen and oxygen atoms in total. The van der Waals surface area contributed by atoms with Gasteiger partial charge in [-0.15, -0.1) is 0 Å². The number of hydrogen-bond donors (Lipinski definition) is 2. The van der Waals surface area contributed by atoms with E-state index in [-0.39, 0.29) is 6.03 Å². The second-order valence-electron chi connectivity index (χ2n) is 4.02. The maximum absolute atomic E-state index is 11.6. The molecule has 2 amide bonds. The first-order valence-corrected chi connectivity index (χ1v) is 5.81. The van der Waals surface area contributed by atoms with E-state index in [0.717, 1.165) is 17.7 Å². The number of nitrogens with zero attached hydrogens (tertiary/aromatic N) is 2. The molecule has 1 aromatic carbocycles. The van der Waals surface area contributed by atoms with Gasteiger partial charge in [-0.25, -0.2) is 4.79 Å². The molecule has 0 unspecified atom stereocenters. The minimum atomic E-state index is -0.190. The molecule has 1 aromatic heterocycles. The van der Waals surface area contributed by atoms with Crippen LogP contribution in [0.25, 0.3) is 0 Å². The molecule has 5 heteroatoms. The van der Waals surface area contributed by atoms with Gasteiger partial charge in [0, 0.05) is 25.5 Å². The van der Waals surface area contributed by atoms with Gasteiger partial charge in [0.15, 0.2) is 0 Å². The number of hydrogen-bond acceptors (Lipinski definition) is 2. The molecule has 2 rings (SSSR count). The number of aromatic nitrogens is 2. The highest BCUT2D eigenvalue weighted by Gasteiger charge is 2.01. The Balaban J connectivity index is 1.72. The Bertz CT molecular complexity index is 507. The van der Waals surface area contributed by atoms with E-state index in [1.165, 1.54) is 0 Å². The smallest absolute Gasteiger partial charge is 0.319 e. The zero-order valence-corrected chi connectivity index (χ0v) is 10.3. The molecule has 18 heavy (non-hydrogen) atoms. The molecule has 2 N–H and O–H groups in total. The Labute approximate surface area is 106 Å². The molecule has 0 atom stereocenters. The molecular weight excluding hydrogens is 228 g/mol. The van der Waals surface area contributed by atoms with Crippen LogP contribution in [0, 0.1) is 0 Å². The van der Waals surface area contributed by atoms with Crippen LogP contribution in [-0.2, 0) is 13.5 Å². The van der Waals surface area contributed by atoms with Gasteiger partial charge < -0.3 is 10.6 Å². The van der Waals surface area contributed by atoms with Gasteiger partial charge in [-0.1, -0.05) is 18.2 Å². The van der Waals surface area contributed by atoms with E-state index in [2.05, 4.69) is 15.7 Å². The van der Waals surface area contributed by atoms with E-state index < -0.39 is 0 Å². The number of aryl methyl sites for hydroxylation is 1. The standard InChI is InChI=1S/C13H16N4O/c1-17-10-11(9-15-17)7-8-14-13(18)16-12-5-3-2-4-6-12/h2-6,9-10H,7-8H2,1H3,(H2,14,16,18). The average molecular weight is 244 g/mol. The second-order valence-corrected chi connectivity index (χ2v) is 4.02. The number of nitrogens with one attached hydrogen (secondary N) is 2. The number of benzene rings is 1. The van der Waals surface area contributed by atoms with Gasteiger partial charge in [0.25, 0.3) is 0 Å². The van der Waals surface area contributed by atoms with Gasteiger partial charge in [-0.3, -0.25) is 4.68 Å². The number of amides is 2. The maximum atomic E-state index is 11.6. The van der Waals surface area contributed by atoms with E-state index in [0.29, 0.717) is 6.54 Å². The summed E-state index contributed by atoms with van der Waals surface area (Å²) in [6, 6.07) is 9.17. The molecule has 2 aromatic rings. The Kier molecular flexibility index (Phi) is 3.96. The fraction of sp³-hybridized carbons (Fsp3) is 0.231. The van der Waals surface area contributed by atoms with Crippen molar-refractivity contribution in [1.82, 2.24) is 15.1 Å². The van der Waals surface area contributed by atoms with E-state index >= 15 is 0 Å². The van der Waals surface area contributed by atoms with Gasteiger partial charge in [-0.2, -0.15) is 5.10 Å². The van der Waals surface area contributed by atoms with E-state index in [9.17, 15) is 4.79 Å². The highest BCUT2D eigenvalue weighted by molar-refractivity contribution is 5.89. The van der Waals surface area contributed by atoms with Gasteiger partial charge in [0.2, 0.25) is 0 Å². The van der Waals surface area contributed by atoms with E-state index in [1.807, 2.05) is 43.6 Å². The van der Waals surface area contributed by atoms with E-state index in [1.54, 1.807) is 10.9 Å². The summed E-state index contributed by atoms with van der Waals surface area (Å²) in [5.74, 6) is 0. The van der Waals surface area contributed by atoms with Gasteiger partial charge >= 0.3 is 6.03 Å². The molecule has 1 heterocycles. The predicted molar refractivity (Wildman–Crippen MR) is 70.4 cm³/mol. The van der Waals surface area contributed by atoms with Crippen molar-refractivity contribution in [3.63, 3.8) is 0 Å². The van der Waals surface area contributed by atoms with Gasteiger partial charge in [0.1, 0.15) is 0 Å². The Morgan fingerprint density at radius 1 is 1.33 bits per heavy atom. The van der Waals surface area contributed by atoms with Crippen molar-refractivity contribution < 1.29 is 4.79 Å². The lowest BCUT2D eigenvalue weighted by atomic mass is 10.2. The third-order valence-corrected chi connectivity index (χ3v) is 2.49. The molecule has 0 aliphatic rings. The summed E-state index contributed by atoms with van der Waals surface area (Å²) >= 11 is 0. The highest BCUT2D eigenvalue weighted by Crippen LogP contribution is 2.04. The van der Waals surface area contributed by atoms with Crippen LogP contribution >= 0.6 is 0 Å². The molecule has 0 spiro atoms. The molecule has 0 saturated heterocycles. The third kappa shape index (κ3) is 3.62. The van der Waals surface area contributed by atoms with Crippen molar-refractivity contribution in [2.24, 2.45) is 7.05 Å². The molecule has 0 saturated carbocycles. The summed E-state index contributed by atoms with van der Waals surface area (Å²) in [5, 5.41) is 9.63. The largest absolute Gasteiger partial charge is 0.338 e. The Hall–Kier alpha value is -2.30. The van der Waals surface area contributed by atoms with Crippen molar-refractivity contribution in [3.8, 4) is 0 Å². The number of rotatable bonds is 4. The number of carbonyl (C=O) groups is 1. The molecule has 0 aliphatic carbocycles. The normalized spacial score (nSPS) is 10.1. The number of para-hydroxylation sites is 1. The zero-order chi connectivity index (χ0) is 12.8. The Morgan fingerprint density at radius 3 is 2.78 bits per heavy atom. The minimum Gasteiger partial charge on any atom is -0.338 e. The SMILES string of the molecule is Cn1cc(CCNC(=O)Nc2ccccc2)cn1. The van der Waals surface area contributed by atoms with Crippen molar-refractivity contribution in [1.29, 1.82) is 0 Å². The minimum absolute atomic E-state index is 0.190. The van der Waals surface area contributed by atoms with Gasteiger partial charge in [-0.05, 0) is 24.1 Å². The molecule has 0 radical (unpaired) electrons. The summed E-state index contributed by atoms with van der Waals surface area (Å²) in [4.78, 5) is 11.6. The van der Waals surface area contributed by atoms with Crippen molar-refractivity contribution in [2.75, 3.05) is 11.9 Å². The fourth-order valence-electron chi connectivity index (χ4n) is 1.62. The topological polar surface area (TPSA) is 59.0 Å². The van der Waals surface area contributed by atoms with Crippen molar-refractivity contribution in [2.45, 2.75) is 6.42 Å². The van der Waals surface area contributed by atoms with Gasteiger partial charge in [0.05, 0.1) is 6.20 Å². The van der Waals surface area contributed by atoms with Crippen LogP contribution in [-0.4, -0.2) is 22.4 Å². The van der Waals surface area contributed by atoms with Crippen LogP contribution in [0.4, 0.5) is 10.5 Å². The average Bonchev–Trinajstić information content (AvgIpc) is 2.76. The molecular formula is C13H16N4O. The van der Waals surface area contributed by atoms with Crippen molar-refractivity contribution in [3.05, 3.63) is 48.3 Å². The van der Waals surface area contributed by atoms with E-state index in [4.69, 9.17) is 0 Å². The lowest BCUT2D eigenvalue weighted by Gasteiger charge is -2.06. The Morgan fingerprint density at radius 2 is 2.11 bits per heavy atom. The van der Waals surface area contributed by atoms with Crippen LogP contribution in [0.1, 0.15) is 5.56 Å². The zero-order valence-electron chi connectivity index (χ0n) is 10.3. The first-order valence-electron chi connectivity index (χ1n) is 5.81. The summed E-state index contributed by atoms with van der Waals surface area (Å²) in [6.07, 6.45) is 4.52. The van der Waals surface area contributed by atoms with Crippen LogP contribution in [0.5, 0.6) is 0 Å². The quantitative estimate of drug-likeness (QED) is 0.861. The van der Waals surface area contributed by atoms with Crippen LogP contribution < -0.4 is 10.6 Å². The molecule has 0 bridgehead atoms. The predicted octanol–water partition coefficient (Wildman–Crippen LogP) is 1.78. The summed E-state index contributed by atoms with van der Waals surface area (Å²) in [7, 11) is 1.87. The highest BCUT2D eigenvalue weighted by atomic mass is 16.2. The number of carbonyl (C=O) groups excluding carboxylic acids is 1. The molecule has 94 valence electrons. The van der Waals surface area contributed by atoms with Crippen molar-refractivity contribution >= 4 is 11.7 Å². The first kappa shape index (κ1) is 12.2. The summed E-state index contributed by atoms with van der Waals surface area (Å²) in [6.45, 7) is 0.588. The lowest BCUT2D eigenvalue weighted by molar-refractivity contribution is 0.252. The summed E-state index contributed by atoms with van der Waals surface area (Å²) < 4.78 is 1.75. The molecule has 0 fully saturated rings. The lowest BCUT2D eigenvalue weighted by Crippen LogP contribution is -2.30. The third-order valence-electron chi connectivity index (χ3n) is 2.49. The van der Waals surface area contributed by atoms with Crippen LogP contribution in [0.15, 0.2) is 42.7 Å². The molecule has 0 aliphatic heterocycles. The summed E-state index contributed by atoms with van der Waals surface area (Å²) in [5.41, 5.74) is 1.90. The maximum Gasteiger partial charge on any atom is 0.319 e.